The molecule has 2 aromatic heterocycles. The van der Waals surface area contributed by atoms with Crippen molar-refractivity contribution in [3.8, 4) is 11.8 Å². The van der Waals surface area contributed by atoms with Gasteiger partial charge in [-0.05, 0) is 18.9 Å². The number of halogens is 1. The van der Waals surface area contributed by atoms with Crippen LogP contribution in [0.15, 0.2) is 18.3 Å². The van der Waals surface area contributed by atoms with Gasteiger partial charge >= 0.3 is 0 Å². The first kappa shape index (κ1) is 20.2. The first-order valence-electron chi connectivity index (χ1n) is 10.4. The zero-order chi connectivity index (χ0) is 22.2. The van der Waals surface area contributed by atoms with Gasteiger partial charge in [-0.2, -0.15) is 10.2 Å². The van der Waals surface area contributed by atoms with Crippen LogP contribution < -0.4 is 10.1 Å². The maximum Gasteiger partial charge on any atom is 0.257 e. The Balaban J connectivity index is 1.49. The lowest BCUT2D eigenvalue weighted by atomic mass is 10.1. The predicted octanol–water partition coefficient (Wildman–Crippen LogP) is 3.07. The Hall–Kier alpha value is -3.71. The number of aromatic nitrogens is 3. The monoisotopic (exact) mass is 436 g/mol. The zero-order valence-corrected chi connectivity index (χ0v) is 17.4. The number of nitrogens with zero attached hydrogens (tertiary/aromatic N) is 4. The third-order valence-corrected chi connectivity index (χ3v) is 5.71. The lowest BCUT2D eigenvalue weighted by Gasteiger charge is -2.27. The third-order valence-electron chi connectivity index (χ3n) is 5.71. The summed E-state index contributed by atoms with van der Waals surface area (Å²) in [4.78, 5) is 26.4. The molecule has 2 aliphatic rings. The second kappa shape index (κ2) is 8.09. The zero-order valence-electron chi connectivity index (χ0n) is 17.4. The number of methoxy groups -OCH3 is 1. The molecule has 0 atom stereocenters. The summed E-state index contributed by atoms with van der Waals surface area (Å²) >= 11 is 0. The average Bonchev–Trinajstić information content (AvgIpc) is 3.58. The Labute approximate surface area is 183 Å². The number of carbonyl (C=O) groups is 1. The largest absolute Gasteiger partial charge is 0.495 e. The fraction of sp³-hybridized carbons (Fsp3) is 0.364. The van der Waals surface area contributed by atoms with Gasteiger partial charge in [0.15, 0.2) is 0 Å². The number of hydrogen-bond donors (Lipinski definition) is 2. The molecule has 9 nitrogen and oxygen atoms in total. The quantitative estimate of drug-likeness (QED) is 0.631. The van der Waals surface area contributed by atoms with Gasteiger partial charge in [-0.1, -0.05) is 0 Å². The van der Waals surface area contributed by atoms with Gasteiger partial charge < -0.3 is 24.7 Å². The molecule has 1 aliphatic carbocycles. The molecule has 2 fully saturated rings. The molecule has 0 bridgehead atoms. The van der Waals surface area contributed by atoms with Crippen LogP contribution in [0, 0.1) is 17.1 Å². The topological polar surface area (TPSA) is 116 Å². The van der Waals surface area contributed by atoms with Gasteiger partial charge in [-0.3, -0.25) is 4.79 Å². The van der Waals surface area contributed by atoms with Crippen molar-refractivity contribution < 1.29 is 18.7 Å². The molecule has 164 valence electrons. The maximum absolute atomic E-state index is 14.9. The standard InChI is InChI=1S/C22H21FN6O3/c1-31-17-8-14(21(30)29-4-6-32-7-5-29)15(23)9-16(17)26-22-27-19(12-2-3-12)18-13(10-24)11-25-20(18)28-22/h8-9,11-12H,2-7H2,1H3,(H2,25,26,27,28). The summed E-state index contributed by atoms with van der Waals surface area (Å²) in [6, 6.07) is 4.77. The van der Waals surface area contributed by atoms with Crippen molar-refractivity contribution in [3.63, 3.8) is 0 Å². The predicted molar refractivity (Wildman–Crippen MR) is 114 cm³/mol. The van der Waals surface area contributed by atoms with Gasteiger partial charge in [0.25, 0.3) is 5.91 Å². The van der Waals surface area contributed by atoms with Crippen LogP contribution in [0.3, 0.4) is 0 Å². The molecule has 1 aliphatic heterocycles. The van der Waals surface area contributed by atoms with Crippen LogP contribution in [0.2, 0.25) is 0 Å². The molecule has 0 spiro atoms. The summed E-state index contributed by atoms with van der Waals surface area (Å²) in [6.07, 6.45) is 3.61. The highest BCUT2D eigenvalue weighted by molar-refractivity contribution is 5.96. The van der Waals surface area contributed by atoms with Gasteiger partial charge in [-0.15, -0.1) is 0 Å². The summed E-state index contributed by atoms with van der Waals surface area (Å²) in [7, 11) is 1.45. The molecule has 32 heavy (non-hydrogen) atoms. The van der Waals surface area contributed by atoms with Crippen LogP contribution >= 0.6 is 0 Å². The van der Waals surface area contributed by atoms with Gasteiger partial charge in [0.1, 0.15) is 23.3 Å². The molecule has 5 rings (SSSR count). The number of anilines is 2. The van der Waals surface area contributed by atoms with E-state index in [2.05, 4.69) is 26.3 Å². The molecule has 1 aromatic carbocycles. The Morgan fingerprint density at radius 1 is 1.34 bits per heavy atom. The smallest absolute Gasteiger partial charge is 0.257 e. The number of H-pyrrole nitrogens is 1. The molecule has 1 amide bonds. The summed E-state index contributed by atoms with van der Waals surface area (Å²) in [5.74, 6) is -0.240. The minimum absolute atomic E-state index is 0.0626. The van der Waals surface area contributed by atoms with E-state index in [-0.39, 0.29) is 17.4 Å². The lowest BCUT2D eigenvalue weighted by molar-refractivity contribution is 0.0299. The van der Waals surface area contributed by atoms with Crippen molar-refractivity contribution in [2.24, 2.45) is 0 Å². The first-order chi connectivity index (χ1) is 15.6. The Morgan fingerprint density at radius 2 is 2.12 bits per heavy atom. The molecule has 10 heteroatoms. The average molecular weight is 436 g/mol. The molecular formula is C22H21FN6O3. The first-order valence-corrected chi connectivity index (χ1v) is 10.4. The van der Waals surface area contributed by atoms with Crippen LogP contribution in [0.5, 0.6) is 5.75 Å². The van der Waals surface area contributed by atoms with Crippen molar-refractivity contribution in [2.45, 2.75) is 18.8 Å². The third kappa shape index (κ3) is 3.61. The molecule has 0 radical (unpaired) electrons. The van der Waals surface area contributed by atoms with Crippen molar-refractivity contribution in [2.75, 3.05) is 38.7 Å². The van der Waals surface area contributed by atoms with Crippen molar-refractivity contribution in [1.29, 1.82) is 5.26 Å². The number of benzene rings is 1. The summed E-state index contributed by atoms with van der Waals surface area (Å²) in [6.45, 7) is 1.69. The normalized spacial score (nSPS) is 16.1. The second-order valence-corrected chi connectivity index (χ2v) is 7.81. The molecular weight excluding hydrogens is 415 g/mol. The van der Waals surface area contributed by atoms with Crippen LogP contribution in [0.1, 0.15) is 40.4 Å². The number of carbonyl (C=O) groups excluding carboxylic acids is 1. The van der Waals surface area contributed by atoms with E-state index in [4.69, 9.17) is 9.47 Å². The number of fused-ring (bicyclic) bond motifs is 1. The highest BCUT2D eigenvalue weighted by Crippen LogP contribution is 2.43. The molecule has 3 aromatic rings. The van der Waals surface area contributed by atoms with Gasteiger partial charge in [0.05, 0.1) is 48.2 Å². The van der Waals surface area contributed by atoms with E-state index in [1.54, 1.807) is 11.1 Å². The number of ether oxygens (including phenoxy) is 2. The number of nitrogens with one attached hydrogen (secondary N) is 2. The molecule has 1 saturated heterocycles. The van der Waals surface area contributed by atoms with E-state index < -0.39 is 11.7 Å². The van der Waals surface area contributed by atoms with Gasteiger partial charge in [0.2, 0.25) is 5.95 Å². The number of hydrogen-bond acceptors (Lipinski definition) is 7. The van der Waals surface area contributed by atoms with Crippen molar-refractivity contribution in [1.82, 2.24) is 19.9 Å². The highest BCUT2D eigenvalue weighted by Gasteiger charge is 2.30. The number of rotatable bonds is 5. The SMILES string of the molecule is COc1cc(C(=O)N2CCOCC2)c(F)cc1Nc1nc(C2CC2)c2c(C#N)c[nH]c2n1. The van der Waals surface area contributed by atoms with E-state index in [0.29, 0.717) is 49.0 Å². The van der Waals surface area contributed by atoms with E-state index in [0.717, 1.165) is 23.9 Å². The van der Waals surface area contributed by atoms with E-state index in [1.165, 1.54) is 19.2 Å². The van der Waals surface area contributed by atoms with E-state index in [1.807, 2.05) is 0 Å². The molecule has 2 N–H and O–H groups in total. The number of aromatic amines is 1. The van der Waals surface area contributed by atoms with Crippen LogP contribution in [-0.2, 0) is 4.74 Å². The molecule has 3 heterocycles. The van der Waals surface area contributed by atoms with E-state index in [9.17, 15) is 14.4 Å². The minimum Gasteiger partial charge on any atom is -0.495 e. The minimum atomic E-state index is -0.667. The van der Waals surface area contributed by atoms with Crippen molar-refractivity contribution >= 4 is 28.6 Å². The summed E-state index contributed by atoms with van der Waals surface area (Å²) in [5, 5.41) is 13.1. The number of morpholine rings is 1. The van der Waals surface area contributed by atoms with Gasteiger partial charge in [0, 0.05) is 31.3 Å². The lowest BCUT2D eigenvalue weighted by Crippen LogP contribution is -2.41. The maximum atomic E-state index is 14.9. The fourth-order valence-corrected chi connectivity index (χ4v) is 3.90. The van der Waals surface area contributed by atoms with Crippen LogP contribution in [0.25, 0.3) is 11.0 Å². The number of nitriles is 1. The van der Waals surface area contributed by atoms with Gasteiger partial charge in [-0.25, -0.2) is 9.37 Å². The Bertz CT molecular complexity index is 1240. The summed E-state index contributed by atoms with van der Waals surface area (Å²) in [5.41, 5.74) is 2.08. The van der Waals surface area contributed by atoms with Crippen LogP contribution in [-0.4, -0.2) is 59.2 Å². The Morgan fingerprint density at radius 3 is 2.81 bits per heavy atom. The van der Waals surface area contributed by atoms with E-state index >= 15 is 0 Å². The number of amides is 1. The van der Waals surface area contributed by atoms with Crippen LogP contribution in [0.4, 0.5) is 16.0 Å². The Kier molecular flexibility index (Phi) is 5.11. The second-order valence-electron chi connectivity index (χ2n) is 7.81. The highest BCUT2D eigenvalue weighted by atomic mass is 19.1. The molecule has 1 saturated carbocycles. The summed E-state index contributed by atoms with van der Waals surface area (Å²) < 4.78 is 25.6. The molecule has 0 unspecified atom stereocenters. The van der Waals surface area contributed by atoms with Crippen molar-refractivity contribution in [3.05, 3.63) is 41.0 Å². The fourth-order valence-electron chi connectivity index (χ4n) is 3.90.